The molecule has 0 fully saturated rings. The van der Waals surface area contributed by atoms with Gasteiger partial charge >= 0.3 is 0 Å². The lowest BCUT2D eigenvalue weighted by Gasteiger charge is -2.36. The highest BCUT2D eigenvalue weighted by Crippen LogP contribution is 2.39. The average Bonchev–Trinajstić information content (AvgIpc) is 1.95. The minimum Gasteiger partial charge on any atom is -0.134 e. The van der Waals surface area contributed by atoms with E-state index in [2.05, 4.69) is 64.6 Å². The van der Waals surface area contributed by atoms with Gasteiger partial charge in [-0.3, -0.25) is 0 Å². The van der Waals surface area contributed by atoms with Crippen molar-refractivity contribution in [1.29, 1.82) is 0 Å². The Morgan fingerprint density at radius 1 is 0.812 bits per heavy atom. The van der Waals surface area contributed by atoms with Gasteiger partial charge in [0.1, 0.15) is 0 Å². The van der Waals surface area contributed by atoms with Crippen molar-refractivity contribution in [2.24, 2.45) is 22.7 Å². The summed E-state index contributed by atoms with van der Waals surface area (Å²) in [6.45, 7) is 18.9. The molecule has 2 atom stereocenters. The molecular formula is C15H33P. The van der Waals surface area contributed by atoms with Crippen molar-refractivity contribution in [1.82, 2.24) is 0 Å². The number of hydrogen-bond donors (Lipinski definition) is 0. The van der Waals surface area contributed by atoms with Gasteiger partial charge in [0.05, 0.1) is 0 Å². The Morgan fingerprint density at radius 3 is 1.31 bits per heavy atom. The molecule has 0 heterocycles. The van der Waals surface area contributed by atoms with E-state index in [9.17, 15) is 0 Å². The molecule has 1 heteroatoms. The summed E-state index contributed by atoms with van der Waals surface area (Å²) in [4.78, 5) is 0. The van der Waals surface area contributed by atoms with Crippen molar-refractivity contribution >= 4 is 9.24 Å². The molecule has 0 spiro atoms. The first-order valence-electron chi connectivity index (χ1n) is 6.68. The zero-order chi connectivity index (χ0) is 13.1. The molecule has 0 aromatic carbocycles. The van der Waals surface area contributed by atoms with Gasteiger partial charge in [0, 0.05) is 0 Å². The van der Waals surface area contributed by atoms with Crippen molar-refractivity contribution < 1.29 is 0 Å². The van der Waals surface area contributed by atoms with Gasteiger partial charge < -0.3 is 0 Å². The Morgan fingerprint density at radius 2 is 1.12 bits per heavy atom. The number of hydrogen-bond acceptors (Lipinski definition) is 0. The van der Waals surface area contributed by atoms with Gasteiger partial charge in [0.15, 0.2) is 0 Å². The third-order valence-corrected chi connectivity index (χ3v) is 4.38. The second-order valence-corrected chi connectivity index (χ2v) is 8.88. The molecule has 0 nitrogen and oxygen atoms in total. The van der Waals surface area contributed by atoms with Crippen LogP contribution in [0.5, 0.6) is 0 Å². The predicted molar refractivity (Wildman–Crippen MR) is 80.0 cm³/mol. The normalized spacial score (nSPS) is 15.9. The maximum atomic E-state index is 3.09. The van der Waals surface area contributed by atoms with Crippen LogP contribution in [0.25, 0.3) is 0 Å². The molecule has 0 radical (unpaired) electrons. The molecule has 0 amide bonds. The molecule has 0 aliphatic carbocycles. The SMILES string of the molecule is CC(C)C(P)C(CC(C)(C)C)CC(C)(C)C. The van der Waals surface area contributed by atoms with E-state index < -0.39 is 0 Å². The third kappa shape index (κ3) is 7.66. The Bertz CT molecular complexity index is 176. The van der Waals surface area contributed by atoms with Gasteiger partial charge in [-0.2, -0.15) is 0 Å². The highest BCUT2D eigenvalue weighted by molar-refractivity contribution is 7.17. The van der Waals surface area contributed by atoms with Crippen molar-refractivity contribution in [2.75, 3.05) is 0 Å². The van der Waals surface area contributed by atoms with Crippen molar-refractivity contribution in [3.8, 4) is 0 Å². The van der Waals surface area contributed by atoms with E-state index in [1.54, 1.807) is 0 Å². The maximum absolute atomic E-state index is 3.09. The van der Waals surface area contributed by atoms with Gasteiger partial charge in [-0.25, -0.2) is 0 Å². The van der Waals surface area contributed by atoms with Crippen LogP contribution in [-0.2, 0) is 0 Å². The summed E-state index contributed by atoms with van der Waals surface area (Å²) in [5.41, 5.74) is 1.64. The Kier molecular flexibility index (Phi) is 6.01. The van der Waals surface area contributed by atoms with Gasteiger partial charge in [-0.05, 0) is 41.2 Å². The van der Waals surface area contributed by atoms with E-state index in [4.69, 9.17) is 0 Å². The van der Waals surface area contributed by atoms with E-state index in [0.717, 1.165) is 17.5 Å². The van der Waals surface area contributed by atoms with E-state index in [-0.39, 0.29) is 0 Å². The molecule has 0 aromatic rings. The molecule has 16 heavy (non-hydrogen) atoms. The van der Waals surface area contributed by atoms with Crippen LogP contribution in [0.15, 0.2) is 0 Å². The lowest BCUT2D eigenvalue weighted by molar-refractivity contribution is 0.201. The summed E-state index contributed by atoms with van der Waals surface area (Å²) < 4.78 is 0. The maximum Gasteiger partial charge on any atom is -0.0212 e. The molecule has 0 aromatic heterocycles. The lowest BCUT2D eigenvalue weighted by Crippen LogP contribution is -2.28. The molecule has 0 aliphatic rings. The predicted octanol–water partition coefficient (Wildman–Crippen LogP) is 5.37. The lowest BCUT2D eigenvalue weighted by atomic mass is 9.74. The monoisotopic (exact) mass is 244 g/mol. The van der Waals surface area contributed by atoms with Gasteiger partial charge in [-0.15, -0.1) is 9.24 Å². The third-order valence-electron chi connectivity index (χ3n) is 3.06. The topological polar surface area (TPSA) is 0 Å². The van der Waals surface area contributed by atoms with E-state index >= 15 is 0 Å². The van der Waals surface area contributed by atoms with Gasteiger partial charge in [-0.1, -0.05) is 55.4 Å². The van der Waals surface area contributed by atoms with Crippen molar-refractivity contribution in [2.45, 2.75) is 73.9 Å². The molecule has 2 unspecified atom stereocenters. The van der Waals surface area contributed by atoms with E-state index in [1.165, 1.54) is 12.8 Å². The zero-order valence-electron chi connectivity index (χ0n) is 12.7. The zero-order valence-corrected chi connectivity index (χ0v) is 13.9. The number of rotatable bonds is 4. The molecular weight excluding hydrogens is 211 g/mol. The Balaban J connectivity index is 4.64. The highest BCUT2D eigenvalue weighted by atomic mass is 31.0. The van der Waals surface area contributed by atoms with E-state index in [0.29, 0.717) is 10.8 Å². The average molecular weight is 244 g/mol. The van der Waals surface area contributed by atoms with Crippen LogP contribution < -0.4 is 0 Å². The summed E-state index contributed by atoms with van der Waals surface area (Å²) in [5, 5.41) is 0. The van der Waals surface area contributed by atoms with Crippen LogP contribution in [0.3, 0.4) is 0 Å². The first kappa shape index (κ1) is 16.4. The smallest absolute Gasteiger partial charge is 0.0212 e. The molecule has 98 valence electrons. The fourth-order valence-electron chi connectivity index (χ4n) is 2.46. The first-order chi connectivity index (χ1) is 6.92. The largest absolute Gasteiger partial charge is 0.134 e. The van der Waals surface area contributed by atoms with Crippen LogP contribution in [0.1, 0.15) is 68.2 Å². The fourth-order valence-corrected chi connectivity index (χ4v) is 2.73. The second-order valence-electron chi connectivity index (χ2n) is 8.11. The van der Waals surface area contributed by atoms with Crippen LogP contribution in [0, 0.1) is 22.7 Å². The van der Waals surface area contributed by atoms with Gasteiger partial charge in [0.25, 0.3) is 0 Å². The molecule has 0 rings (SSSR count). The van der Waals surface area contributed by atoms with Crippen LogP contribution in [-0.4, -0.2) is 5.66 Å². The minimum absolute atomic E-state index is 0.444. The first-order valence-corrected chi connectivity index (χ1v) is 7.34. The molecule has 0 aliphatic heterocycles. The van der Waals surface area contributed by atoms with Crippen LogP contribution in [0.2, 0.25) is 0 Å². The second kappa shape index (κ2) is 5.85. The van der Waals surface area contributed by atoms with Crippen LogP contribution in [0.4, 0.5) is 0 Å². The summed E-state index contributed by atoms with van der Waals surface area (Å²) in [5.74, 6) is 1.59. The summed E-state index contributed by atoms with van der Waals surface area (Å²) >= 11 is 0. The summed E-state index contributed by atoms with van der Waals surface area (Å²) in [6.07, 6.45) is 2.66. The molecule has 0 N–H and O–H groups in total. The summed E-state index contributed by atoms with van der Waals surface area (Å²) in [6, 6.07) is 0. The van der Waals surface area contributed by atoms with Crippen molar-refractivity contribution in [3.05, 3.63) is 0 Å². The van der Waals surface area contributed by atoms with Crippen LogP contribution >= 0.6 is 9.24 Å². The standard InChI is InChI=1S/C15H33P/c1-11(2)13(16)12(9-14(3,4)5)10-15(6,7)8/h11-13H,9-10,16H2,1-8H3. The highest BCUT2D eigenvalue weighted by Gasteiger charge is 2.29. The Hall–Kier alpha value is 0.430. The quantitative estimate of drug-likeness (QED) is 0.583. The molecule has 0 saturated heterocycles. The van der Waals surface area contributed by atoms with Crippen molar-refractivity contribution in [3.63, 3.8) is 0 Å². The summed E-state index contributed by atoms with van der Waals surface area (Å²) in [7, 11) is 3.09. The van der Waals surface area contributed by atoms with E-state index in [1.807, 2.05) is 0 Å². The molecule has 0 bridgehead atoms. The fraction of sp³-hybridized carbons (Fsp3) is 1.00. The Labute approximate surface area is 106 Å². The molecule has 0 saturated carbocycles. The minimum atomic E-state index is 0.444. The van der Waals surface area contributed by atoms with Gasteiger partial charge in [0.2, 0.25) is 0 Å².